The number of benzene rings is 2. The third-order valence-corrected chi connectivity index (χ3v) is 3.39. The number of rotatable bonds is 4. The van der Waals surface area contributed by atoms with E-state index in [1.807, 2.05) is 0 Å². The number of amides is 2. The van der Waals surface area contributed by atoms with Gasteiger partial charge >= 0.3 is 0 Å². The molecule has 0 aliphatic heterocycles. The van der Waals surface area contributed by atoms with Gasteiger partial charge in [-0.25, -0.2) is 4.68 Å². The van der Waals surface area contributed by atoms with Gasteiger partial charge in [-0.2, -0.15) is 0 Å². The Morgan fingerprint density at radius 3 is 2.58 bits per heavy atom. The second kappa shape index (κ2) is 6.29. The van der Waals surface area contributed by atoms with Crippen LogP contribution in [0.25, 0.3) is 10.9 Å². The number of nitrogens with one attached hydrogen (secondary N) is 1. The zero-order valence-corrected chi connectivity index (χ0v) is 12.5. The SMILES string of the molecule is NC(=O)c1ccccc1NC(=O)Cn1nnc2ccccc2c1=O. The number of carbonyl (C=O) groups excluding carboxylic acids is 2. The number of primary amides is 1. The smallest absolute Gasteiger partial charge is 0.278 e. The zero-order chi connectivity index (χ0) is 17.1. The molecule has 1 heterocycles. The molecule has 24 heavy (non-hydrogen) atoms. The lowest BCUT2D eigenvalue weighted by Crippen LogP contribution is -2.31. The molecule has 0 spiro atoms. The summed E-state index contributed by atoms with van der Waals surface area (Å²) in [5.41, 5.74) is 5.76. The third-order valence-electron chi connectivity index (χ3n) is 3.39. The predicted molar refractivity (Wildman–Crippen MR) is 87.4 cm³/mol. The predicted octanol–water partition coefficient (Wildman–Crippen LogP) is 0.529. The summed E-state index contributed by atoms with van der Waals surface area (Å²) in [4.78, 5) is 35.8. The van der Waals surface area contributed by atoms with E-state index in [1.165, 1.54) is 6.07 Å². The molecule has 0 aliphatic carbocycles. The first kappa shape index (κ1) is 15.3. The van der Waals surface area contributed by atoms with Crippen LogP contribution >= 0.6 is 0 Å². The highest BCUT2D eigenvalue weighted by Gasteiger charge is 2.13. The Hall–Kier alpha value is -3.55. The molecule has 3 N–H and O–H groups in total. The van der Waals surface area contributed by atoms with Crippen LogP contribution in [-0.2, 0) is 11.3 Å². The summed E-state index contributed by atoms with van der Waals surface area (Å²) < 4.78 is 0.963. The summed E-state index contributed by atoms with van der Waals surface area (Å²) >= 11 is 0. The van der Waals surface area contributed by atoms with E-state index in [-0.39, 0.29) is 17.8 Å². The molecule has 1 aromatic heterocycles. The van der Waals surface area contributed by atoms with Crippen molar-refractivity contribution in [1.82, 2.24) is 15.0 Å². The second-order valence-corrected chi connectivity index (χ2v) is 5.03. The molecular formula is C16H13N5O3. The van der Waals surface area contributed by atoms with Crippen molar-refractivity contribution in [2.45, 2.75) is 6.54 Å². The van der Waals surface area contributed by atoms with Crippen molar-refractivity contribution < 1.29 is 9.59 Å². The fourth-order valence-electron chi connectivity index (χ4n) is 2.26. The normalized spacial score (nSPS) is 10.5. The highest BCUT2D eigenvalue weighted by Crippen LogP contribution is 2.14. The van der Waals surface area contributed by atoms with E-state index in [0.29, 0.717) is 10.9 Å². The van der Waals surface area contributed by atoms with Gasteiger partial charge in [-0.1, -0.05) is 29.5 Å². The first-order valence-corrected chi connectivity index (χ1v) is 7.07. The number of nitrogens with zero attached hydrogens (tertiary/aromatic N) is 3. The van der Waals surface area contributed by atoms with Crippen LogP contribution in [0.3, 0.4) is 0 Å². The summed E-state index contributed by atoms with van der Waals surface area (Å²) in [6.45, 7) is -0.330. The molecule has 0 bridgehead atoms. The van der Waals surface area contributed by atoms with Crippen LogP contribution in [0.2, 0.25) is 0 Å². The lowest BCUT2D eigenvalue weighted by Gasteiger charge is -2.09. The molecule has 0 unspecified atom stereocenters. The largest absolute Gasteiger partial charge is 0.366 e. The van der Waals surface area contributed by atoms with Gasteiger partial charge < -0.3 is 11.1 Å². The van der Waals surface area contributed by atoms with Gasteiger partial charge in [-0.05, 0) is 24.3 Å². The summed E-state index contributed by atoms with van der Waals surface area (Å²) in [6, 6.07) is 13.1. The summed E-state index contributed by atoms with van der Waals surface area (Å²) in [6.07, 6.45) is 0. The molecular weight excluding hydrogens is 310 g/mol. The average molecular weight is 323 g/mol. The molecule has 8 heteroatoms. The number of para-hydroxylation sites is 1. The van der Waals surface area contributed by atoms with Gasteiger partial charge in [0.2, 0.25) is 5.91 Å². The number of hydrogen-bond acceptors (Lipinski definition) is 5. The Morgan fingerprint density at radius 2 is 1.79 bits per heavy atom. The first-order valence-electron chi connectivity index (χ1n) is 7.07. The molecule has 8 nitrogen and oxygen atoms in total. The van der Waals surface area contributed by atoms with Crippen LogP contribution in [0.5, 0.6) is 0 Å². The minimum atomic E-state index is -0.659. The zero-order valence-electron chi connectivity index (χ0n) is 12.5. The maximum absolute atomic E-state index is 12.3. The van der Waals surface area contributed by atoms with Crippen LogP contribution < -0.4 is 16.6 Å². The minimum absolute atomic E-state index is 0.183. The molecule has 2 amide bonds. The topological polar surface area (TPSA) is 120 Å². The Morgan fingerprint density at radius 1 is 1.08 bits per heavy atom. The van der Waals surface area contributed by atoms with E-state index in [0.717, 1.165) is 4.68 Å². The van der Waals surface area contributed by atoms with Gasteiger partial charge in [-0.3, -0.25) is 14.4 Å². The highest BCUT2D eigenvalue weighted by molar-refractivity contribution is 6.02. The maximum atomic E-state index is 12.3. The van der Waals surface area contributed by atoms with Crippen molar-refractivity contribution in [3.05, 3.63) is 64.4 Å². The number of hydrogen-bond donors (Lipinski definition) is 2. The lowest BCUT2D eigenvalue weighted by atomic mass is 10.1. The molecule has 2 aromatic carbocycles. The molecule has 0 radical (unpaired) electrons. The van der Waals surface area contributed by atoms with Crippen LogP contribution in [0.4, 0.5) is 5.69 Å². The third kappa shape index (κ3) is 2.98. The number of carbonyl (C=O) groups is 2. The van der Waals surface area contributed by atoms with Crippen molar-refractivity contribution in [3.63, 3.8) is 0 Å². The number of nitrogens with two attached hydrogens (primary N) is 1. The van der Waals surface area contributed by atoms with E-state index in [4.69, 9.17) is 5.73 Å². The number of aromatic nitrogens is 3. The molecule has 0 saturated heterocycles. The van der Waals surface area contributed by atoms with Crippen molar-refractivity contribution in [2.75, 3.05) is 5.32 Å². The average Bonchev–Trinajstić information content (AvgIpc) is 2.58. The van der Waals surface area contributed by atoms with Gasteiger partial charge in [-0.15, -0.1) is 5.10 Å². The van der Waals surface area contributed by atoms with Crippen molar-refractivity contribution >= 4 is 28.4 Å². The van der Waals surface area contributed by atoms with Crippen molar-refractivity contribution in [3.8, 4) is 0 Å². The molecule has 3 aromatic rings. The van der Waals surface area contributed by atoms with E-state index in [9.17, 15) is 14.4 Å². The van der Waals surface area contributed by atoms with E-state index >= 15 is 0 Å². The molecule has 0 aliphatic rings. The maximum Gasteiger partial charge on any atom is 0.278 e. The molecule has 0 fully saturated rings. The lowest BCUT2D eigenvalue weighted by molar-refractivity contribution is -0.117. The van der Waals surface area contributed by atoms with Crippen LogP contribution in [-0.4, -0.2) is 26.8 Å². The van der Waals surface area contributed by atoms with E-state index < -0.39 is 17.4 Å². The van der Waals surface area contributed by atoms with Crippen LogP contribution in [0, 0.1) is 0 Å². The van der Waals surface area contributed by atoms with Crippen LogP contribution in [0.1, 0.15) is 10.4 Å². The molecule has 0 atom stereocenters. The van der Waals surface area contributed by atoms with Gasteiger partial charge in [0.15, 0.2) is 0 Å². The monoisotopic (exact) mass is 323 g/mol. The standard InChI is InChI=1S/C16H13N5O3/c17-15(23)10-5-1-3-7-12(10)18-14(22)9-21-16(24)11-6-2-4-8-13(11)19-20-21/h1-8H,9H2,(H2,17,23)(H,18,22). The van der Waals surface area contributed by atoms with Crippen molar-refractivity contribution in [1.29, 1.82) is 0 Å². The fraction of sp³-hybridized carbons (Fsp3) is 0.0625. The fourth-order valence-corrected chi connectivity index (χ4v) is 2.26. The van der Waals surface area contributed by atoms with Gasteiger partial charge in [0.05, 0.1) is 16.6 Å². The Bertz CT molecular complexity index is 996. The molecule has 0 saturated carbocycles. The Kier molecular flexibility index (Phi) is 4.02. The molecule has 120 valence electrons. The van der Waals surface area contributed by atoms with E-state index in [2.05, 4.69) is 15.6 Å². The summed E-state index contributed by atoms with van der Waals surface area (Å²) in [7, 11) is 0. The Labute approximate surface area is 135 Å². The van der Waals surface area contributed by atoms with E-state index in [1.54, 1.807) is 42.5 Å². The number of anilines is 1. The van der Waals surface area contributed by atoms with Crippen LogP contribution in [0.15, 0.2) is 53.3 Å². The Balaban J connectivity index is 1.85. The molecule has 3 rings (SSSR count). The van der Waals surface area contributed by atoms with Crippen molar-refractivity contribution in [2.24, 2.45) is 5.73 Å². The quantitative estimate of drug-likeness (QED) is 0.725. The van der Waals surface area contributed by atoms with Gasteiger partial charge in [0.25, 0.3) is 11.5 Å². The minimum Gasteiger partial charge on any atom is -0.366 e. The van der Waals surface area contributed by atoms with Gasteiger partial charge in [0.1, 0.15) is 12.1 Å². The first-order chi connectivity index (χ1) is 11.6. The number of fused-ring (bicyclic) bond motifs is 1. The van der Waals surface area contributed by atoms with Gasteiger partial charge in [0, 0.05) is 0 Å². The second-order valence-electron chi connectivity index (χ2n) is 5.03. The summed E-state index contributed by atoms with van der Waals surface area (Å²) in [5.74, 6) is -1.18. The highest BCUT2D eigenvalue weighted by atomic mass is 16.2. The summed E-state index contributed by atoms with van der Waals surface area (Å²) in [5, 5.41) is 10.6.